The van der Waals surface area contributed by atoms with E-state index in [4.69, 9.17) is 0 Å². The molecule has 1 fully saturated rings. The van der Waals surface area contributed by atoms with E-state index < -0.39 is 0 Å². The van der Waals surface area contributed by atoms with E-state index in [1.165, 1.54) is 6.42 Å². The number of nitrogens with zero attached hydrogens (tertiary/aromatic N) is 2. The van der Waals surface area contributed by atoms with E-state index in [1.54, 1.807) is 24.4 Å². The molecule has 2 aliphatic rings. The summed E-state index contributed by atoms with van der Waals surface area (Å²) in [6, 6.07) is 8.84. The summed E-state index contributed by atoms with van der Waals surface area (Å²) in [5, 5.41) is 3.01. The van der Waals surface area contributed by atoms with Crippen molar-refractivity contribution < 1.29 is 9.18 Å². The molecule has 2 N–H and O–H groups in total. The number of benzene rings is 1. The molecule has 0 bridgehead atoms. The number of H-pyrrole nitrogens is 1. The van der Waals surface area contributed by atoms with E-state index in [-0.39, 0.29) is 23.1 Å². The van der Waals surface area contributed by atoms with Gasteiger partial charge < -0.3 is 10.3 Å². The van der Waals surface area contributed by atoms with Crippen LogP contribution in [-0.2, 0) is 5.41 Å². The van der Waals surface area contributed by atoms with Crippen LogP contribution in [0, 0.1) is 5.82 Å². The Morgan fingerprint density at radius 3 is 2.66 bits per heavy atom. The third kappa shape index (κ3) is 2.85. The Kier molecular flexibility index (Phi) is 4.05. The molecule has 148 valence electrons. The Balaban J connectivity index is 1.55. The van der Waals surface area contributed by atoms with Gasteiger partial charge in [-0.25, -0.2) is 14.4 Å². The molecule has 5 rings (SSSR count). The molecule has 1 aliphatic carbocycles. The second kappa shape index (κ2) is 6.51. The van der Waals surface area contributed by atoms with Crippen molar-refractivity contribution in [2.75, 3.05) is 6.54 Å². The van der Waals surface area contributed by atoms with Crippen molar-refractivity contribution >= 4 is 5.91 Å². The Morgan fingerprint density at radius 1 is 1.14 bits per heavy atom. The molecular weight excluding hydrogens is 367 g/mol. The molecule has 0 atom stereocenters. The third-order valence-electron chi connectivity index (χ3n) is 6.32. The maximum Gasteiger partial charge on any atom is 0.253 e. The summed E-state index contributed by atoms with van der Waals surface area (Å²) in [5.74, 6) is 0.211. The van der Waals surface area contributed by atoms with Crippen LogP contribution in [0.25, 0.3) is 22.8 Å². The van der Waals surface area contributed by atoms with Crippen LogP contribution >= 0.6 is 0 Å². The zero-order chi connectivity index (χ0) is 20.2. The minimum absolute atomic E-state index is 0.0239. The summed E-state index contributed by atoms with van der Waals surface area (Å²) in [6.45, 7) is 4.74. The van der Waals surface area contributed by atoms with Gasteiger partial charge in [0.25, 0.3) is 5.91 Å². The first kappa shape index (κ1) is 18.0. The van der Waals surface area contributed by atoms with Gasteiger partial charge in [0.15, 0.2) is 5.82 Å². The van der Waals surface area contributed by atoms with E-state index in [2.05, 4.69) is 20.3 Å². The van der Waals surface area contributed by atoms with Gasteiger partial charge in [-0.1, -0.05) is 26.3 Å². The highest BCUT2D eigenvalue weighted by Gasteiger charge is 2.45. The lowest BCUT2D eigenvalue weighted by atomic mass is 9.64. The number of carbonyl (C=O) groups is 1. The average Bonchev–Trinajstić information content (AvgIpc) is 3.14. The molecule has 1 aliphatic heterocycles. The van der Waals surface area contributed by atoms with Crippen LogP contribution in [0.3, 0.4) is 0 Å². The number of halogens is 1. The smallest absolute Gasteiger partial charge is 0.253 e. The molecule has 1 aromatic carbocycles. The number of fused-ring (bicyclic) bond motifs is 2. The molecule has 1 saturated carbocycles. The van der Waals surface area contributed by atoms with Gasteiger partial charge in [-0.15, -0.1) is 0 Å². The topological polar surface area (TPSA) is 70.7 Å². The Hall–Kier alpha value is -3.02. The molecule has 0 saturated heterocycles. The first-order chi connectivity index (χ1) is 14.0. The molecule has 5 nitrogen and oxygen atoms in total. The molecule has 1 amide bonds. The molecule has 6 heteroatoms. The number of aromatic nitrogens is 3. The standard InChI is InChI=1S/C23H23FN4O/c1-13(2)14-4-5-15(17(24)10-14)21-25-9-6-18(28-21)19-11-16-20(27-19)23(7-3-8-23)12-26-22(16)29/h4-6,9-11,13,27H,3,7-8,12H2,1-2H3,(H,26,29). The fraction of sp³-hybridized carbons (Fsp3) is 0.348. The number of rotatable bonds is 3. The zero-order valence-corrected chi connectivity index (χ0v) is 16.6. The van der Waals surface area contributed by atoms with Gasteiger partial charge in [-0.3, -0.25) is 4.79 Å². The van der Waals surface area contributed by atoms with Crippen LogP contribution < -0.4 is 5.32 Å². The van der Waals surface area contributed by atoms with E-state index in [0.29, 0.717) is 29.2 Å². The highest BCUT2D eigenvalue weighted by molar-refractivity contribution is 5.98. The quantitative estimate of drug-likeness (QED) is 0.688. The van der Waals surface area contributed by atoms with Crippen LogP contribution in [0.5, 0.6) is 0 Å². The monoisotopic (exact) mass is 390 g/mol. The molecular formula is C23H23FN4O. The predicted molar refractivity (Wildman–Crippen MR) is 109 cm³/mol. The first-order valence-electron chi connectivity index (χ1n) is 10.1. The lowest BCUT2D eigenvalue weighted by molar-refractivity contribution is 0.0893. The van der Waals surface area contributed by atoms with Gasteiger partial charge in [-0.2, -0.15) is 0 Å². The Bertz CT molecular complexity index is 1110. The van der Waals surface area contributed by atoms with Crippen molar-refractivity contribution in [2.24, 2.45) is 0 Å². The molecule has 1 spiro atoms. The fourth-order valence-electron chi connectivity index (χ4n) is 4.36. The fourth-order valence-corrected chi connectivity index (χ4v) is 4.36. The SMILES string of the molecule is CC(C)c1ccc(-c2nccc(-c3cc4c([nH]3)C3(CCC3)CNC4=O)n2)c(F)c1. The summed E-state index contributed by atoms with van der Waals surface area (Å²) >= 11 is 0. The number of hydrogen-bond acceptors (Lipinski definition) is 3. The van der Waals surface area contributed by atoms with Crippen molar-refractivity contribution in [1.29, 1.82) is 0 Å². The first-order valence-corrected chi connectivity index (χ1v) is 10.1. The Morgan fingerprint density at radius 2 is 1.97 bits per heavy atom. The predicted octanol–water partition coefficient (Wildman–Crippen LogP) is 4.57. The van der Waals surface area contributed by atoms with Crippen molar-refractivity contribution in [2.45, 2.75) is 44.4 Å². The third-order valence-corrected chi connectivity index (χ3v) is 6.32. The van der Waals surface area contributed by atoms with Crippen molar-refractivity contribution in [3.8, 4) is 22.8 Å². The van der Waals surface area contributed by atoms with Crippen molar-refractivity contribution in [1.82, 2.24) is 20.3 Å². The number of amides is 1. The minimum atomic E-state index is -0.327. The number of nitrogens with one attached hydrogen (secondary N) is 2. The van der Waals surface area contributed by atoms with Crippen LogP contribution in [-0.4, -0.2) is 27.4 Å². The highest BCUT2D eigenvalue weighted by Crippen LogP contribution is 2.46. The average molecular weight is 390 g/mol. The number of carbonyl (C=O) groups excluding carboxylic acids is 1. The second-order valence-corrected chi connectivity index (χ2v) is 8.45. The highest BCUT2D eigenvalue weighted by atomic mass is 19.1. The van der Waals surface area contributed by atoms with E-state index in [0.717, 1.165) is 29.8 Å². The van der Waals surface area contributed by atoms with Gasteiger partial charge >= 0.3 is 0 Å². The summed E-state index contributed by atoms with van der Waals surface area (Å²) in [6.07, 6.45) is 4.95. The number of hydrogen-bond donors (Lipinski definition) is 2. The van der Waals surface area contributed by atoms with Crippen LogP contribution in [0.2, 0.25) is 0 Å². The van der Waals surface area contributed by atoms with Crippen molar-refractivity contribution in [3.05, 3.63) is 59.2 Å². The lowest BCUT2D eigenvalue weighted by Gasteiger charge is -2.44. The largest absolute Gasteiger partial charge is 0.356 e. The molecule has 3 heterocycles. The van der Waals surface area contributed by atoms with Crippen LogP contribution in [0.15, 0.2) is 36.5 Å². The minimum Gasteiger partial charge on any atom is -0.356 e. The van der Waals surface area contributed by atoms with E-state index >= 15 is 0 Å². The maximum absolute atomic E-state index is 14.7. The normalized spacial score (nSPS) is 17.2. The summed E-state index contributed by atoms with van der Waals surface area (Å²) in [5.41, 5.74) is 4.46. The summed E-state index contributed by atoms with van der Waals surface area (Å²) in [4.78, 5) is 24.7. The summed E-state index contributed by atoms with van der Waals surface area (Å²) < 4.78 is 14.7. The van der Waals surface area contributed by atoms with E-state index in [1.807, 2.05) is 26.0 Å². The molecule has 0 unspecified atom stereocenters. The Labute approximate surface area is 168 Å². The van der Waals surface area contributed by atoms with Gasteiger partial charge in [0.2, 0.25) is 0 Å². The summed E-state index contributed by atoms with van der Waals surface area (Å²) in [7, 11) is 0. The zero-order valence-electron chi connectivity index (χ0n) is 16.6. The van der Waals surface area contributed by atoms with E-state index in [9.17, 15) is 9.18 Å². The van der Waals surface area contributed by atoms with Crippen LogP contribution in [0.4, 0.5) is 4.39 Å². The second-order valence-electron chi connectivity index (χ2n) is 8.45. The van der Waals surface area contributed by atoms with Gasteiger partial charge in [-0.05, 0) is 48.6 Å². The number of aromatic amines is 1. The van der Waals surface area contributed by atoms with Crippen LogP contribution in [0.1, 0.15) is 60.6 Å². The van der Waals surface area contributed by atoms with Gasteiger partial charge in [0.05, 0.1) is 22.5 Å². The van der Waals surface area contributed by atoms with Gasteiger partial charge in [0, 0.05) is 23.9 Å². The van der Waals surface area contributed by atoms with Gasteiger partial charge in [0.1, 0.15) is 5.82 Å². The lowest BCUT2D eigenvalue weighted by Crippen LogP contribution is -2.50. The maximum atomic E-state index is 14.7. The van der Waals surface area contributed by atoms with Crippen molar-refractivity contribution in [3.63, 3.8) is 0 Å². The molecule has 0 radical (unpaired) electrons. The molecule has 3 aromatic rings. The molecule has 2 aromatic heterocycles. The molecule has 29 heavy (non-hydrogen) atoms.